The van der Waals surface area contributed by atoms with Crippen LogP contribution in [0.1, 0.15) is 12.8 Å². The molecule has 0 amide bonds. The van der Waals surface area contributed by atoms with Crippen LogP contribution in [0.3, 0.4) is 0 Å². The molecule has 0 fully saturated rings. The molecule has 0 aliphatic carbocycles. The Hall–Kier alpha value is -1.38. The molecule has 1 heterocycles. The number of thiol groups is 1. The Morgan fingerprint density at radius 2 is 2.56 bits per heavy atom. The summed E-state index contributed by atoms with van der Waals surface area (Å²) in [5.74, 6) is -0.0752. The average Bonchev–Trinajstić information content (AvgIpc) is 2.29. The van der Waals surface area contributed by atoms with E-state index in [9.17, 15) is 4.79 Å². The van der Waals surface area contributed by atoms with E-state index in [-0.39, 0.29) is 17.0 Å². The Bertz CT molecular complexity index is 390. The van der Waals surface area contributed by atoms with Crippen LogP contribution in [0.4, 0.5) is 0 Å². The maximum absolute atomic E-state index is 11.3. The first-order valence-corrected chi connectivity index (χ1v) is 5.49. The number of nitrogens with zero attached hydrogens (tertiary/aromatic N) is 2. The van der Waals surface area contributed by atoms with Gasteiger partial charge >= 0.3 is 0 Å². The van der Waals surface area contributed by atoms with E-state index < -0.39 is 0 Å². The first kappa shape index (κ1) is 12.7. The Labute approximate surface area is 101 Å². The molecular formula is C12H15N2OS+. The second-order valence-electron chi connectivity index (χ2n) is 3.59. The lowest BCUT2D eigenvalue weighted by atomic mass is 9.88. The van der Waals surface area contributed by atoms with Crippen molar-refractivity contribution in [2.75, 3.05) is 0 Å². The van der Waals surface area contributed by atoms with E-state index in [1.54, 1.807) is 6.20 Å². The largest absolute Gasteiger partial charge is 0.287 e. The summed E-state index contributed by atoms with van der Waals surface area (Å²) < 4.78 is 3.64. The number of carbonyl (C=O) groups is 1. The second-order valence-corrected chi connectivity index (χ2v) is 4.03. The molecule has 0 saturated heterocycles. The monoisotopic (exact) mass is 235 g/mol. The molecule has 0 aromatic heterocycles. The number of hydrogen-bond donors (Lipinski definition) is 1. The van der Waals surface area contributed by atoms with Crippen molar-refractivity contribution in [3.05, 3.63) is 24.4 Å². The molecule has 0 spiro atoms. The van der Waals surface area contributed by atoms with Crippen LogP contribution in [0.15, 0.2) is 29.4 Å². The summed E-state index contributed by atoms with van der Waals surface area (Å²) in [6.45, 7) is 7.13. The van der Waals surface area contributed by atoms with Gasteiger partial charge in [0, 0.05) is 18.3 Å². The minimum atomic E-state index is -0.331. The van der Waals surface area contributed by atoms with Crippen molar-refractivity contribution in [1.82, 2.24) is 4.67 Å². The zero-order chi connectivity index (χ0) is 12.0. The van der Waals surface area contributed by atoms with Crippen LogP contribution >= 0.6 is 12.6 Å². The van der Waals surface area contributed by atoms with Crippen molar-refractivity contribution in [2.45, 2.75) is 12.8 Å². The lowest BCUT2D eigenvalue weighted by molar-refractivity contribution is -0.112. The summed E-state index contributed by atoms with van der Waals surface area (Å²) in [4.78, 5) is 15.4. The molecule has 0 aromatic carbocycles. The van der Waals surface area contributed by atoms with E-state index in [1.165, 1.54) is 6.21 Å². The molecule has 2 unspecified atom stereocenters. The van der Waals surface area contributed by atoms with E-state index in [4.69, 9.17) is 0 Å². The van der Waals surface area contributed by atoms with Gasteiger partial charge in [-0.05, 0) is 18.4 Å². The Morgan fingerprint density at radius 3 is 3.12 bits per heavy atom. The maximum Gasteiger partial charge on any atom is 0.280 e. The average molecular weight is 235 g/mol. The smallest absolute Gasteiger partial charge is 0.280 e. The molecule has 0 saturated carbocycles. The zero-order valence-corrected chi connectivity index (χ0v) is 9.94. The first-order valence-electron chi connectivity index (χ1n) is 5.04. The van der Waals surface area contributed by atoms with Crippen LogP contribution in [0, 0.1) is 11.8 Å². The lowest BCUT2D eigenvalue weighted by Gasteiger charge is -2.18. The predicted octanol–water partition coefficient (Wildman–Crippen LogP) is 1.45. The van der Waals surface area contributed by atoms with Crippen molar-refractivity contribution in [3.8, 4) is 0 Å². The third-order valence-corrected chi connectivity index (χ3v) is 2.86. The summed E-state index contributed by atoms with van der Waals surface area (Å²) in [7, 11) is 0. The van der Waals surface area contributed by atoms with Crippen LogP contribution in [0.25, 0.3) is 0 Å². The number of allylic oxidation sites excluding steroid dienone is 2. The van der Waals surface area contributed by atoms with Crippen molar-refractivity contribution < 1.29 is 4.79 Å². The van der Waals surface area contributed by atoms with Gasteiger partial charge in [-0.25, -0.2) is 0 Å². The normalized spacial score (nSPS) is 20.6. The topological polar surface area (TPSA) is 43.5 Å². The van der Waals surface area contributed by atoms with Crippen molar-refractivity contribution in [3.63, 3.8) is 0 Å². The summed E-state index contributed by atoms with van der Waals surface area (Å²) in [6, 6.07) is 0. The minimum absolute atomic E-state index is 0.203. The Morgan fingerprint density at radius 1 is 1.81 bits per heavy atom. The van der Waals surface area contributed by atoms with Gasteiger partial charge in [0.25, 0.3) is 12.9 Å². The third kappa shape index (κ3) is 3.33. The highest BCUT2D eigenvalue weighted by molar-refractivity contribution is 7.96. The highest BCUT2D eigenvalue weighted by Crippen LogP contribution is 2.25. The molecule has 0 bridgehead atoms. The summed E-state index contributed by atoms with van der Waals surface area (Å²) in [5, 5.41) is -0.203. The van der Waals surface area contributed by atoms with Gasteiger partial charge in [0.2, 0.25) is 0 Å². The van der Waals surface area contributed by atoms with E-state index >= 15 is 0 Å². The van der Waals surface area contributed by atoms with Crippen molar-refractivity contribution >= 4 is 36.9 Å². The van der Waals surface area contributed by atoms with E-state index in [0.29, 0.717) is 6.42 Å². The van der Waals surface area contributed by atoms with E-state index in [0.717, 1.165) is 12.0 Å². The van der Waals surface area contributed by atoms with Crippen LogP contribution in [-0.4, -0.2) is 24.3 Å². The SMILES string of the molecule is C=CC1CC=NC=C1CC(C=[N+]=C)C(=O)S. The molecule has 1 aliphatic rings. The number of hydrogen-bond acceptors (Lipinski definition) is 2. The molecule has 0 aromatic rings. The van der Waals surface area contributed by atoms with Gasteiger partial charge in [-0.2, -0.15) is 0 Å². The van der Waals surface area contributed by atoms with Gasteiger partial charge in [0.05, 0.1) is 0 Å². The molecule has 3 nitrogen and oxygen atoms in total. The van der Waals surface area contributed by atoms with Gasteiger partial charge in [-0.3, -0.25) is 9.79 Å². The molecule has 0 N–H and O–H groups in total. The van der Waals surface area contributed by atoms with Crippen LogP contribution < -0.4 is 4.67 Å². The fourth-order valence-corrected chi connectivity index (χ4v) is 1.76. The predicted molar refractivity (Wildman–Crippen MR) is 72.3 cm³/mol. The van der Waals surface area contributed by atoms with Crippen molar-refractivity contribution in [2.24, 2.45) is 16.8 Å². The fourth-order valence-electron chi connectivity index (χ4n) is 1.61. The van der Waals surface area contributed by atoms with Gasteiger partial charge in [-0.15, -0.1) is 23.9 Å². The minimum Gasteiger partial charge on any atom is -0.287 e. The van der Waals surface area contributed by atoms with Gasteiger partial charge in [-0.1, -0.05) is 6.08 Å². The Balaban J connectivity index is 2.80. The lowest BCUT2D eigenvalue weighted by Crippen LogP contribution is -2.16. The molecule has 16 heavy (non-hydrogen) atoms. The maximum atomic E-state index is 11.3. The molecule has 1 aliphatic heterocycles. The standard InChI is InChI=1S/C12H14N2OS/c1-3-9-4-5-14-8-10(9)6-11(7-13-2)12(15)16/h3,5,7-9,11H,1-2,4,6H2/p+1. The highest BCUT2D eigenvalue weighted by Gasteiger charge is 2.23. The first-order chi connectivity index (χ1) is 7.69. The van der Waals surface area contributed by atoms with Gasteiger partial charge in [0.15, 0.2) is 5.12 Å². The summed E-state index contributed by atoms with van der Waals surface area (Å²) >= 11 is 3.84. The molecular weight excluding hydrogens is 220 g/mol. The Kier molecular flexibility index (Phi) is 4.96. The highest BCUT2D eigenvalue weighted by atomic mass is 32.1. The van der Waals surface area contributed by atoms with Gasteiger partial charge in [0.1, 0.15) is 5.92 Å². The zero-order valence-electron chi connectivity index (χ0n) is 9.04. The van der Waals surface area contributed by atoms with E-state index in [2.05, 4.69) is 35.6 Å². The quantitative estimate of drug-likeness (QED) is 0.333. The molecule has 1 rings (SSSR count). The second kappa shape index (κ2) is 6.26. The molecule has 4 heteroatoms. The summed E-state index contributed by atoms with van der Waals surface area (Å²) in [5.41, 5.74) is 1.09. The fraction of sp³-hybridized carbons (Fsp3) is 0.333. The summed E-state index contributed by atoms with van der Waals surface area (Å²) in [6.07, 6.45) is 8.45. The van der Waals surface area contributed by atoms with E-state index in [1.807, 2.05) is 12.3 Å². The number of rotatable bonds is 5. The number of aliphatic imine (C=N–C) groups is 1. The van der Waals surface area contributed by atoms with Gasteiger partial charge < -0.3 is 0 Å². The van der Waals surface area contributed by atoms with Crippen molar-refractivity contribution in [1.29, 1.82) is 0 Å². The molecule has 0 radical (unpaired) electrons. The molecule has 84 valence electrons. The van der Waals surface area contributed by atoms with Crippen LogP contribution in [0.2, 0.25) is 0 Å². The van der Waals surface area contributed by atoms with Crippen LogP contribution in [0.5, 0.6) is 0 Å². The van der Waals surface area contributed by atoms with Crippen LogP contribution in [-0.2, 0) is 4.79 Å². The third-order valence-electron chi connectivity index (χ3n) is 2.52. The number of carbonyl (C=O) groups excluding carboxylic acids is 1. The molecule has 2 atom stereocenters.